The molecule has 5 heteroatoms. The van der Waals surface area contributed by atoms with E-state index in [-0.39, 0.29) is 17.6 Å². The van der Waals surface area contributed by atoms with Gasteiger partial charge in [0.25, 0.3) is 0 Å². The standard InChI is InChI=1S/C17H33N3O2/c1-17(2,3)15-13(6-5-11-22-15)12-18-16(21)19-14-7-9-20(4)10-8-14/h13-15H,5-12H2,1-4H3,(H2,18,19,21)/t13-,15-/m1/s1. The van der Waals surface area contributed by atoms with Crippen molar-refractivity contribution in [3.8, 4) is 0 Å². The Morgan fingerprint density at radius 2 is 1.91 bits per heavy atom. The highest BCUT2D eigenvalue weighted by molar-refractivity contribution is 5.74. The molecular formula is C17H33N3O2. The quantitative estimate of drug-likeness (QED) is 0.840. The van der Waals surface area contributed by atoms with Crippen molar-refractivity contribution in [2.45, 2.75) is 58.6 Å². The van der Waals surface area contributed by atoms with Crippen LogP contribution in [0.4, 0.5) is 4.79 Å². The number of carbonyl (C=O) groups is 1. The lowest BCUT2D eigenvalue weighted by atomic mass is 9.78. The Bertz CT molecular complexity index is 359. The van der Waals surface area contributed by atoms with E-state index in [1.54, 1.807) is 0 Å². The minimum absolute atomic E-state index is 0.0206. The van der Waals surface area contributed by atoms with Crippen molar-refractivity contribution in [3.05, 3.63) is 0 Å². The van der Waals surface area contributed by atoms with Crippen LogP contribution >= 0.6 is 0 Å². The average molecular weight is 311 g/mol. The second kappa shape index (κ2) is 7.64. The van der Waals surface area contributed by atoms with E-state index in [2.05, 4.69) is 43.4 Å². The number of nitrogens with zero attached hydrogens (tertiary/aromatic N) is 1. The Kier molecular flexibility index (Phi) is 6.09. The first-order valence-electron chi connectivity index (χ1n) is 8.71. The molecule has 2 N–H and O–H groups in total. The molecule has 2 aliphatic rings. The van der Waals surface area contributed by atoms with Gasteiger partial charge in [0.1, 0.15) is 0 Å². The van der Waals surface area contributed by atoms with Gasteiger partial charge < -0.3 is 20.3 Å². The molecule has 2 atom stereocenters. The molecule has 0 saturated carbocycles. The maximum Gasteiger partial charge on any atom is 0.315 e. The number of hydrogen-bond acceptors (Lipinski definition) is 3. The second-order valence-corrected chi connectivity index (χ2v) is 7.99. The van der Waals surface area contributed by atoms with Gasteiger partial charge in [0.15, 0.2) is 0 Å². The van der Waals surface area contributed by atoms with Crippen LogP contribution in [0.15, 0.2) is 0 Å². The van der Waals surface area contributed by atoms with Gasteiger partial charge in [0, 0.05) is 25.1 Å². The van der Waals surface area contributed by atoms with Gasteiger partial charge in [-0.3, -0.25) is 0 Å². The summed E-state index contributed by atoms with van der Waals surface area (Å²) in [5, 5.41) is 6.18. The minimum Gasteiger partial charge on any atom is -0.377 e. The zero-order valence-electron chi connectivity index (χ0n) is 14.7. The third kappa shape index (κ3) is 5.13. The summed E-state index contributed by atoms with van der Waals surface area (Å²) in [5.41, 5.74) is 0.122. The maximum absolute atomic E-state index is 12.1. The average Bonchev–Trinajstić information content (AvgIpc) is 2.47. The highest BCUT2D eigenvalue weighted by Gasteiger charge is 2.35. The molecule has 2 saturated heterocycles. The predicted octanol–water partition coefficient (Wildman–Crippen LogP) is 2.22. The summed E-state index contributed by atoms with van der Waals surface area (Å²) in [7, 11) is 2.13. The zero-order chi connectivity index (χ0) is 16.2. The van der Waals surface area contributed by atoms with Crippen molar-refractivity contribution < 1.29 is 9.53 Å². The van der Waals surface area contributed by atoms with Crippen LogP contribution in [0.1, 0.15) is 46.5 Å². The zero-order valence-corrected chi connectivity index (χ0v) is 14.7. The molecule has 2 aliphatic heterocycles. The Balaban J connectivity index is 1.75. The van der Waals surface area contributed by atoms with Crippen LogP contribution < -0.4 is 10.6 Å². The molecule has 0 aliphatic carbocycles. The van der Waals surface area contributed by atoms with Crippen molar-refractivity contribution >= 4 is 6.03 Å². The Morgan fingerprint density at radius 1 is 1.23 bits per heavy atom. The van der Waals surface area contributed by atoms with Gasteiger partial charge in [-0.1, -0.05) is 20.8 Å². The monoisotopic (exact) mass is 311 g/mol. The van der Waals surface area contributed by atoms with Gasteiger partial charge in [-0.25, -0.2) is 4.79 Å². The molecule has 0 unspecified atom stereocenters. The van der Waals surface area contributed by atoms with E-state index in [9.17, 15) is 4.79 Å². The van der Waals surface area contributed by atoms with Gasteiger partial charge >= 0.3 is 6.03 Å². The number of carbonyl (C=O) groups excluding carboxylic acids is 1. The smallest absolute Gasteiger partial charge is 0.315 e. The van der Waals surface area contributed by atoms with Crippen LogP contribution in [-0.2, 0) is 4.74 Å². The van der Waals surface area contributed by atoms with Crippen LogP contribution in [-0.4, -0.2) is 56.4 Å². The molecule has 2 heterocycles. The van der Waals surface area contributed by atoms with Crippen LogP contribution in [0, 0.1) is 11.3 Å². The predicted molar refractivity (Wildman–Crippen MR) is 89.0 cm³/mol. The fourth-order valence-electron chi connectivity index (χ4n) is 3.62. The van der Waals surface area contributed by atoms with Crippen LogP contribution in [0.3, 0.4) is 0 Å². The molecule has 0 radical (unpaired) electrons. The number of urea groups is 1. The number of hydrogen-bond donors (Lipinski definition) is 2. The Morgan fingerprint density at radius 3 is 2.55 bits per heavy atom. The summed E-state index contributed by atoms with van der Waals surface area (Å²) in [4.78, 5) is 14.4. The minimum atomic E-state index is -0.0206. The molecule has 2 fully saturated rings. The molecule has 0 aromatic heterocycles. The third-order valence-corrected chi connectivity index (χ3v) is 4.88. The summed E-state index contributed by atoms with van der Waals surface area (Å²) in [6.45, 7) is 10.3. The first-order chi connectivity index (χ1) is 10.4. The normalized spacial score (nSPS) is 28.4. The molecule has 5 nitrogen and oxygen atoms in total. The maximum atomic E-state index is 12.1. The summed E-state index contributed by atoms with van der Waals surface area (Å²) in [5.74, 6) is 0.414. The molecule has 2 amide bonds. The van der Waals surface area contributed by atoms with Crippen molar-refractivity contribution in [3.63, 3.8) is 0 Å². The van der Waals surface area contributed by atoms with E-state index in [1.165, 1.54) is 0 Å². The van der Waals surface area contributed by atoms with Gasteiger partial charge in [-0.05, 0) is 51.2 Å². The summed E-state index contributed by atoms with van der Waals surface area (Å²) in [6.07, 6.45) is 4.54. The second-order valence-electron chi connectivity index (χ2n) is 7.99. The van der Waals surface area contributed by atoms with Crippen molar-refractivity contribution in [2.75, 3.05) is 33.3 Å². The largest absolute Gasteiger partial charge is 0.377 e. The SMILES string of the molecule is CN1CCC(NC(=O)NC[C@H]2CCCO[C@H]2C(C)(C)C)CC1. The molecular weight excluding hydrogens is 278 g/mol. The number of likely N-dealkylation sites (tertiary alicyclic amines) is 1. The highest BCUT2D eigenvalue weighted by Crippen LogP contribution is 2.33. The highest BCUT2D eigenvalue weighted by atomic mass is 16.5. The van der Waals surface area contributed by atoms with E-state index in [1.807, 2.05) is 0 Å². The van der Waals surface area contributed by atoms with E-state index in [4.69, 9.17) is 4.74 Å². The molecule has 0 bridgehead atoms. The topological polar surface area (TPSA) is 53.6 Å². The molecule has 0 aromatic carbocycles. The number of amides is 2. The van der Waals surface area contributed by atoms with Crippen molar-refractivity contribution in [1.82, 2.24) is 15.5 Å². The van der Waals surface area contributed by atoms with Crippen LogP contribution in [0.5, 0.6) is 0 Å². The Hall–Kier alpha value is -0.810. The number of nitrogens with one attached hydrogen (secondary N) is 2. The molecule has 128 valence electrons. The first-order valence-corrected chi connectivity index (χ1v) is 8.71. The molecule has 22 heavy (non-hydrogen) atoms. The van der Waals surface area contributed by atoms with E-state index in [0.29, 0.717) is 18.5 Å². The fraction of sp³-hybridized carbons (Fsp3) is 0.941. The van der Waals surface area contributed by atoms with E-state index < -0.39 is 0 Å². The molecule has 0 aromatic rings. The number of ether oxygens (including phenoxy) is 1. The van der Waals surface area contributed by atoms with Crippen LogP contribution in [0.2, 0.25) is 0 Å². The van der Waals surface area contributed by atoms with Crippen molar-refractivity contribution in [2.24, 2.45) is 11.3 Å². The third-order valence-electron chi connectivity index (χ3n) is 4.88. The Labute approximate surface area is 135 Å². The van der Waals surface area contributed by atoms with Crippen LogP contribution in [0.25, 0.3) is 0 Å². The van der Waals surface area contributed by atoms with Crippen molar-refractivity contribution in [1.29, 1.82) is 0 Å². The van der Waals surface area contributed by atoms with Gasteiger partial charge in [-0.15, -0.1) is 0 Å². The fourth-order valence-corrected chi connectivity index (χ4v) is 3.62. The number of rotatable bonds is 3. The lowest BCUT2D eigenvalue weighted by Crippen LogP contribution is -2.50. The van der Waals surface area contributed by atoms with E-state index >= 15 is 0 Å². The summed E-state index contributed by atoms with van der Waals surface area (Å²) in [6, 6.07) is 0.296. The lowest BCUT2D eigenvalue weighted by Gasteiger charge is -2.40. The summed E-state index contributed by atoms with van der Waals surface area (Å²) >= 11 is 0. The summed E-state index contributed by atoms with van der Waals surface area (Å²) < 4.78 is 5.97. The van der Waals surface area contributed by atoms with Gasteiger partial charge in [0.05, 0.1) is 6.10 Å². The number of piperidine rings is 1. The van der Waals surface area contributed by atoms with Gasteiger partial charge in [-0.2, -0.15) is 0 Å². The van der Waals surface area contributed by atoms with Gasteiger partial charge in [0.2, 0.25) is 0 Å². The molecule has 0 spiro atoms. The van der Waals surface area contributed by atoms with E-state index in [0.717, 1.165) is 45.4 Å². The molecule has 2 rings (SSSR count). The lowest BCUT2D eigenvalue weighted by molar-refractivity contribution is -0.0838. The first kappa shape index (κ1) is 17.5.